The maximum Gasteiger partial charge on any atom is 0.271 e. The van der Waals surface area contributed by atoms with E-state index in [0.717, 1.165) is 5.56 Å². The smallest absolute Gasteiger partial charge is 0.271 e. The highest BCUT2D eigenvalue weighted by Crippen LogP contribution is 2.32. The maximum atomic E-state index is 11.8. The Balaban J connectivity index is 2.05. The van der Waals surface area contributed by atoms with E-state index in [2.05, 4.69) is 10.5 Å². The number of hydrogen-bond acceptors (Lipinski definition) is 3. The molecule has 2 aromatic rings. The molecule has 0 aliphatic rings. The molecule has 0 heterocycles. The van der Waals surface area contributed by atoms with E-state index in [-0.39, 0.29) is 21.7 Å². The summed E-state index contributed by atoms with van der Waals surface area (Å²) in [5.74, 6) is -0.499. The van der Waals surface area contributed by atoms with Gasteiger partial charge >= 0.3 is 0 Å². The fourth-order valence-electron chi connectivity index (χ4n) is 1.59. The average molecular weight is 323 g/mol. The summed E-state index contributed by atoms with van der Waals surface area (Å²) in [7, 11) is 0. The van der Waals surface area contributed by atoms with Gasteiger partial charge in [-0.1, -0.05) is 40.9 Å². The normalized spacial score (nSPS) is 10.8. The molecule has 1 amide bonds. The van der Waals surface area contributed by atoms with Crippen molar-refractivity contribution in [2.75, 3.05) is 0 Å². The van der Waals surface area contributed by atoms with Crippen molar-refractivity contribution in [3.05, 3.63) is 63.1 Å². The van der Waals surface area contributed by atoms with Crippen molar-refractivity contribution in [1.29, 1.82) is 0 Å². The Morgan fingerprint density at radius 3 is 2.33 bits per heavy atom. The molecule has 0 saturated heterocycles. The molecule has 2 aromatic carbocycles. The number of carbonyl (C=O) groups is 1. The van der Waals surface area contributed by atoms with Gasteiger partial charge in [0.2, 0.25) is 0 Å². The number of aromatic hydroxyl groups is 1. The Morgan fingerprint density at radius 1 is 1.19 bits per heavy atom. The Hall–Kier alpha value is -2.04. The van der Waals surface area contributed by atoms with Crippen LogP contribution in [-0.2, 0) is 0 Å². The number of rotatable bonds is 3. The highest BCUT2D eigenvalue weighted by Gasteiger charge is 2.06. The molecule has 108 valence electrons. The van der Waals surface area contributed by atoms with Crippen molar-refractivity contribution in [2.45, 2.75) is 6.92 Å². The van der Waals surface area contributed by atoms with Gasteiger partial charge in [-0.2, -0.15) is 5.10 Å². The van der Waals surface area contributed by atoms with Gasteiger partial charge in [-0.3, -0.25) is 4.79 Å². The summed E-state index contributed by atoms with van der Waals surface area (Å²) < 4.78 is 0. The summed E-state index contributed by atoms with van der Waals surface area (Å²) in [6.45, 7) is 1.94. The minimum absolute atomic E-state index is 0.119. The van der Waals surface area contributed by atoms with Gasteiger partial charge in [-0.25, -0.2) is 5.43 Å². The average Bonchev–Trinajstić information content (AvgIpc) is 2.45. The lowest BCUT2D eigenvalue weighted by molar-refractivity contribution is 0.0955. The number of aryl methyl sites for hydroxylation is 1. The summed E-state index contributed by atoms with van der Waals surface area (Å²) >= 11 is 11.6. The summed E-state index contributed by atoms with van der Waals surface area (Å²) in [6.07, 6.45) is 1.39. The first-order valence-electron chi connectivity index (χ1n) is 6.05. The van der Waals surface area contributed by atoms with E-state index in [0.29, 0.717) is 11.1 Å². The van der Waals surface area contributed by atoms with Gasteiger partial charge in [0, 0.05) is 5.56 Å². The van der Waals surface area contributed by atoms with Crippen LogP contribution in [0, 0.1) is 6.92 Å². The van der Waals surface area contributed by atoms with Crippen molar-refractivity contribution in [3.8, 4) is 5.75 Å². The van der Waals surface area contributed by atoms with E-state index in [9.17, 15) is 9.90 Å². The second-order valence-electron chi connectivity index (χ2n) is 4.40. The number of amides is 1. The monoisotopic (exact) mass is 322 g/mol. The summed E-state index contributed by atoms with van der Waals surface area (Å²) in [4.78, 5) is 11.8. The molecular weight excluding hydrogens is 311 g/mol. The second-order valence-corrected chi connectivity index (χ2v) is 5.21. The molecule has 0 radical (unpaired) electrons. The number of halogens is 2. The van der Waals surface area contributed by atoms with Gasteiger partial charge in [-0.15, -0.1) is 0 Å². The fraction of sp³-hybridized carbons (Fsp3) is 0.0667. The van der Waals surface area contributed by atoms with Crippen LogP contribution in [0.4, 0.5) is 0 Å². The lowest BCUT2D eigenvalue weighted by Crippen LogP contribution is -2.17. The maximum absolute atomic E-state index is 11.8. The summed E-state index contributed by atoms with van der Waals surface area (Å²) in [6, 6.07) is 10.1. The van der Waals surface area contributed by atoms with Crippen LogP contribution in [0.15, 0.2) is 41.5 Å². The molecule has 0 bridgehead atoms. The third kappa shape index (κ3) is 3.97. The first kappa shape index (κ1) is 15.4. The molecule has 0 fully saturated rings. The number of phenols is 1. The van der Waals surface area contributed by atoms with Crippen LogP contribution in [-0.4, -0.2) is 17.2 Å². The quantitative estimate of drug-likeness (QED) is 0.667. The van der Waals surface area contributed by atoms with Gasteiger partial charge in [-0.05, 0) is 36.8 Å². The zero-order chi connectivity index (χ0) is 15.4. The van der Waals surface area contributed by atoms with Crippen LogP contribution >= 0.6 is 23.2 Å². The van der Waals surface area contributed by atoms with Gasteiger partial charge in [0.05, 0.1) is 16.3 Å². The number of nitrogens with one attached hydrogen (secondary N) is 1. The van der Waals surface area contributed by atoms with E-state index in [4.69, 9.17) is 23.2 Å². The van der Waals surface area contributed by atoms with Crippen LogP contribution in [0.2, 0.25) is 10.0 Å². The Labute approximate surface area is 132 Å². The van der Waals surface area contributed by atoms with Crippen LogP contribution < -0.4 is 5.43 Å². The Morgan fingerprint density at radius 2 is 1.76 bits per heavy atom. The van der Waals surface area contributed by atoms with E-state index in [1.807, 2.05) is 19.1 Å². The van der Waals surface area contributed by atoms with Crippen LogP contribution in [0.5, 0.6) is 5.75 Å². The third-order valence-corrected chi connectivity index (χ3v) is 3.31. The molecule has 2 N–H and O–H groups in total. The largest absolute Gasteiger partial charge is 0.505 e. The standard InChI is InChI=1S/C15H12Cl2N2O2/c1-9-2-4-11(5-3-9)15(21)19-18-8-10-6-12(16)14(20)13(17)7-10/h2-8,20H,1H3,(H,19,21)/b18-8-. The zero-order valence-corrected chi connectivity index (χ0v) is 12.6. The van der Waals surface area contributed by atoms with Gasteiger partial charge in [0.15, 0.2) is 5.75 Å². The minimum atomic E-state index is -0.317. The number of benzene rings is 2. The molecule has 21 heavy (non-hydrogen) atoms. The highest BCUT2D eigenvalue weighted by molar-refractivity contribution is 6.37. The molecular formula is C15H12Cl2N2O2. The third-order valence-electron chi connectivity index (χ3n) is 2.73. The molecule has 0 atom stereocenters. The van der Waals surface area contributed by atoms with E-state index >= 15 is 0 Å². The van der Waals surface area contributed by atoms with E-state index in [1.54, 1.807) is 12.1 Å². The van der Waals surface area contributed by atoms with Crippen LogP contribution in [0.1, 0.15) is 21.5 Å². The molecule has 0 aliphatic carbocycles. The molecule has 0 spiro atoms. The minimum Gasteiger partial charge on any atom is -0.505 e. The molecule has 0 aromatic heterocycles. The number of nitrogens with zero attached hydrogens (tertiary/aromatic N) is 1. The van der Waals surface area contributed by atoms with Crippen molar-refractivity contribution < 1.29 is 9.90 Å². The van der Waals surface area contributed by atoms with Gasteiger partial charge in [0.1, 0.15) is 0 Å². The molecule has 4 nitrogen and oxygen atoms in total. The fourth-order valence-corrected chi connectivity index (χ4v) is 2.10. The van der Waals surface area contributed by atoms with Crippen molar-refractivity contribution >= 4 is 35.3 Å². The van der Waals surface area contributed by atoms with Gasteiger partial charge in [0.25, 0.3) is 5.91 Å². The number of phenolic OH excluding ortho intramolecular Hbond substituents is 1. The highest BCUT2D eigenvalue weighted by atomic mass is 35.5. The van der Waals surface area contributed by atoms with E-state index in [1.165, 1.54) is 18.3 Å². The molecule has 0 unspecified atom stereocenters. The zero-order valence-electron chi connectivity index (χ0n) is 11.1. The summed E-state index contributed by atoms with van der Waals surface area (Å²) in [5.41, 5.74) is 4.55. The second kappa shape index (κ2) is 6.61. The summed E-state index contributed by atoms with van der Waals surface area (Å²) in [5, 5.41) is 13.5. The SMILES string of the molecule is Cc1ccc(C(=O)N/N=C\c2cc(Cl)c(O)c(Cl)c2)cc1. The molecule has 0 aliphatic heterocycles. The Kier molecular flexibility index (Phi) is 4.83. The van der Waals surface area contributed by atoms with Crippen molar-refractivity contribution in [2.24, 2.45) is 5.10 Å². The topological polar surface area (TPSA) is 61.7 Å². The molecule has 6 heteroatoms. The predicted octanol–water partition coefficient (Wildman–Crippen LogP) is 3.77. The lowest BCUT2D eigenvalue weighted by Gasteiger charge is -2.02. The first-order chi connectivity index (χ1) is 9.97. The number of hydrogen-bond donors (Lipinski definition) is 2. The Bertz CT molecular complexity index is 674. The van der Waals surface area contributed by atoms with Gasteiger partial charge < -0.3 is 5.11 Å². The molecule has 2 rings (SSSR count). The lowest BCUT2D eigenvalue weighted by atomic mass is 10.1. The number of hydrazone groups is 1. The van der Waals surface area contributed by atoms with E-state index < -0.39 is 0 Å². The van der Waals surface area contributed by atoms with Crippen molar-refractivity contribution in [3.63, 3.8) is 0 Å². The predicted molar refractivity (Wildman–Crippen MR) is 84.4 cm³/mol. The van der Waals surface area contributed by atoms with Crippen LogP contribution in [0.25, 0.3) is 0 Å². The van der Waals surface area contributed by atoms with Crippen molar-refractivity contribution in [1.82, 2.24) is 5.43 Å². The van der Waals surface area contributed by atoms with Crippen LogP contribution in [0.3, 0.4) is 0 Å². The number of carbonyl (C=O) groups excluding carboxylic acids is 1. The first-order valence-corrected chi connectivity index (χ1v) is 6.81. The molecule has 0 saturated carbocycles.